The first-order valence-corrected chi connectivity index (χ1v) is 7.41. The Morgan fingerprint density at radius 2 is 2.15 bits per heavy atom. The fourth-order valence-corrected chi connectivity index (χ4v) is 2.86. The van der Waals surface area contributed by atoms with Crippen LogP contribution >= 0.6 is 15.9 Å². The van der Waals surface area contributed by atoms with E-state index in [1.807, 2.05) is 25.1 Å². The van der Waals surface area contributed by atoms with Crippen LogP contribution in [0.5, 0.6) is 0 Å². The van der Waals surface area contributed by atoms with E-state index in [0.29, 0.717) is 5.82 Å². The third kappa shape index (κ3) is 1.93. The predicted molar refractivity (Wildman–Crippen MR) is 83.7 cm³/mol. The number of halogens is 1. The van der Waals surface area contributed by atoms with Crippen LogP contribution in [0.1, 0.15) is 31.2 Å². The van der Waals surface area contributed by atoms with Crippen LogP contribution in [0.4, 0.5) is 5.82 Å². The van der Waals surface area contributed by atoms with Crippen molar-refractivity contribution in [2.24, 2.45) is 0 Å². The number of anilines is 1. The minimum Gasteiger partial charge on any atom is -0.458 e. The van der Waals surface area contributed by atoms with Crippen LogP contribution in [0, 0.1) is 0 Å². The molecule has 0 radical (unpaired) electrons. The highest BCUT2D eigenvalue weighted by atomic mass is 79.9. The van der Waals surface area contributed by atoms with E-state index < -0.39 is 0 Å². The fourth-order valence-electron chi connectivity index (χ4n) is 2.59. The molecule has 4 nitrogen and oxygen atoms in total. The Balaban J connectivity index is 2.16. The number of hydrogen-bond acceptors (Lipinski definition) is 3. The summed E-state index contributed by atoms with van der Waals surface area (Å²) in [6, 6.07) is 8.07. The first kappa shape index (κ1) is 13.2. The lowest BCUT2D eigenvalue weighted by Crippen LogP contribution is -2.12. The van der Waals surface area contributed by atoms with Gasteiger partial charge in [-0.1, -0.05) is 25.1 Å². The van der Waals surface area contributed by atoms with Crippen molar-refractivity contribution in [1.29, 1.82) is 0 Å². The number of fused-ring (bicyclic) bond motifs is 1. The van der Waals surface area contributed by atoms with Gasteiger partial charge in [0.25, 0.3) is 0 Å². The molecule has 0 bridgehead atoms. The Bertz CT molecular complexity index is 760. The summed E-state index contributed by atoms with van der Waals surface area (Å²) in [5.41, 5.74) is 8.17. The zero-order chi connectivity index (χ0) is 14.3. The van der Waals surface area contributed by atoms with E-state index >= 15 is 0 Å². The van der Waals surface area contributed by atoms with E-state index in [-0.39, 0.29) is 6.04 Å². The van der Waals surface area contributed by atoms with Crippen molar-refractivity contribution in [3.05, 3.63) is 46.3 Å². The fraction of sp³-hybridized carbons (Fsp3) is 0.267. The molecule has 1 unspecified atom stereocenters. The van der Waals surface area contributed by atoms with E-state index in [4.69, 9.17) is 10.2 Å². The highest BCUT2D eigenvalue weighted by molar-refractivity contribution is 9.10. The molecule has 20 heavy (non-hydrogen) atoms. The van der Waals surface area contributed by atoms with Gasteiger partial charge >= 0.3 is 0 Å². The van der Waals surface area contributed by atoms with Crippen LogP contribution in [-0.4, -0.2) is 9.78 Å². The first-order chi connectivity index (χ1) is 9.63. The quantitative estimate of drug-likeness (QED) is 0.783. The zero-order valence-electron chi connectivity index (χ0n) is 11.4. The average Bonchev–Trinajstić information content (AvgIpc) is 2.99. The third-order valence-corrected chi connectivity index (χ3v) is 4.23. The molecule has 3 aromatic rings. The lowest BCUT2D eigenvalue weighted by Gasteiger charge is -2.13. The van der Waals surface area contributed by atoms with Gasteiger partial charge in [0.2, 0.25) is 0 Å². The summed E-state index contributed by atoms with van der Waals surface area (Å²) < 4.78 is 8.62. The number of para-hydroxylation sites is 1. The second-order valence-electron chi connectivity index (χ2n) is 4.79. The molecule has 0 amide bonds. The number of aryl methyl sites for hydroxylation is 1. The number of aromatic nitrogens is 2. The molecule has 0 aliphatic carbocycles. The first-order valence-electron chi connectivity index (χ1n) is 6.62. The maximum atomic E-state index is 6.04. The normalized spacial score (nSPS) is 12.9. The molecule has 0 saturated carbocycles. The van der Waals surface area contributed by atoms with Crippen molar-refractivity contribution in [3.8, 4) is 0 Å². The van der Waals surface area contributed by atoms with Gasteiger partial charge in [0.05, 0.1) is 10.7 Å². The van der Waals surface area contributed by atoms with E-state index in [1.165, 1.54) is 10.9 Å². The summed E-state index contributed by atoms with van der Waals surface area (Å²) in [6.07, 6.45) is 2.62. The molecule has 5 heteroatoms. The predicted octanol–water partition coefficient (Wildman–Crippen LogP) is 4.15. The van der Waals surface area contributed by atoms with Crippen molar-refractivity contribution in [2.75, 3.05) is 5.73 Å². The van der Waals surface area contributed by atoms with Crippen LogP contribution in [0.2, 0.25) is 0 Å². The Morgan fingerprint density at radius 1 is 1.40 bits per heavy atom. The monoisotopic (exact) mass is 333 g/mol. The molecule has 0 fully saturated rings. The maximum Gasteiger partial charge on any atom is 0.136 e. The van der Waals surface area contributed by atoms with Crippen molar-refractivity contribution in [2.45, 2.75) is 26.3 Å². The van der Waals surface area contributed by atoms with Gasteiger partial charge in [-0.3, -0.25) is 0 Å². The van der Waals surface area contributed by atoms with Crippen LogP contribution in [-0.2, 0) is 6.42 Å². The third-order valence-electron chi connectivity index (χ3n) is 3.62. The molecule has 2 aromatic heterocycles. The van der Waals surface area contributed by atoms with Crippen molar-refractivity contribution in [3.63, 3.8) is 0 Å². The smallest absolute Gasteiger partial charge is 0.136 e. The molecule has 2 heterocycles. The van der Waals surface area contributed by atoms with Crippen LogP contribution < -0.4 is 5.73 Å². The van der Waals surface area contributed by atoms with E-state index in [1.54, 1.807) is 10.9 Å². The summed E-state index contributed by atoms with van der Waals surface area (Å²) in [7, 11) is 0. The molecule has 0 spiro atoms. The van der Waals surface area contributed by atoms with Gasteiger partial charge in [0.1, 0.15) is 23.2 Å². The van der Waals surface area contributed by atoms with Crippen LogP contribution in [0.25, 0.3) is 11.0 Å². The number of nitrogens with two attached hydrogens (primary N) is 1. The molecule has 3 rings (SSSR count). The number of nitrogens with zero attached hydrogens (tertiary/aromatic N) is 2. The van der Waals surface area contributed by atoms with E-state index in [0.717, 1.165) is 22.2 Å². The number of nitrogen functional groups attached to an aromatic ring is 1. The Morgan fingerprint density at radius 3 is 2.80 bits per heavy atom. The summed E-state index contributed by atoms with van der Waals surface area (Å²) in [4.78, 5) is 0. The average molecular weight is 334 g/mol. The minimum atomic E-state index is -0.0383. The lowest BCUT2D eigenvalue weighted by atomic mass is 10.1. The maximum absolute atomic E-state index is 6.04. The van der Waals surface area contributed by atoms with Crippen molar-refractivity contribution >= 4 is 32.7 Å². The van der Waals surface area contributed by atoms with Gasteiger partial charge < -0.3 is 10.2 Å². The lowest BCUT2D eigenvalue weighted by molar-refractivity contribution is 0.444. The number of hydrogen-bond donors (Lipinski definition) is 1. The molecule has 1 atom stereocenters. The summed E-state index contributed by atoms with van der Waals surface area (Å²) >= 11 is 3.39. The number of rotatable bonds is 3. The number of benzene rings is 1. The summed E-state index contributed by atoms with van der Waals surface area (Å²) in [5.74, 6) is 1.54. The second-order valence-corrected chi connectivity index (χ2v) is 5.65. The molecule has 0 aliphatic rings. The molecular formula is C15H16BrN3O. The minimum absolute atomic E-state index is 0.0383. The highest BCUT2D eigenvalue weighted by Crippen LogP contribution is 2.34. The molecule has 0 saturated heterocycles. The van der Waals surface area contributed by atoms with E-state index in [9.17, 15) is 0 Å². The standard InChI is InChI=1S/C15H16BrN3O/c1-3-10-11-6-4-5-7-13(11)20-14(10)9(2)19-15(17)12(16)8-18-19/h4-9H,3,17H2,1-2H3. The van der Waals surface area contributed by atoms with Gasteiger partial charge in [-0.15, -0.1) is 0 Å². The van der Waals surface area contributed by atoms with Gasteiger partial charge in [-0.25, -0.2) is 4.68 Å². The Labute approximate surface area is 125 Å². The zero-order valence-corrected chi connectivity index (χ0v) is 13.0. The van der Waals surface area contributed by atoms with Gasteiger partial charge in [0.15, 0.2) is 0 Å². The molecular weight excluding hydrogens is 318 g/mol. The van der Waals surface area contributed by atoms with Gasteiger partial charge in [-0.2, -0.15) is 5.10 Å². The molecule has 0 aliphatic heterocycles. The van der Waals surface area contributed by atoms with Gasteiger partial charge in [0, 0.05) is 10.9 Å². The molecule has 1 aromatic carbocycles. The topological polar surface area (TPSA) is 57.0 Å². The molecule has 2 N–H and O–H groups in total. The highest BCUT2D eigenvalue weighted by Gasteiger charge is 2.22. The van der Waals surface area contributed by atoms with Crippen LogP contribution in [0.15, 0.2) is 39.4 Å². The Kier molecular flexibility index (Phi) is 3.30. The van der Waals surface area contributed by atoms with Crippen LogP contribution in [0.3, 0.4) is 0 Å². The van der Waals surface area contributed by atoms with Crippen molar-refractivity contribution in [1.82, 2.24) is 9.78 Å². The van der Waals surface area contributed by atoms with E-state index in [2.05, 4.69) is 34.0 Å². The second kappa shape index (κ2) is 4.98. The number of furan rings is 1. The summed E-state index contributed by atoms with van der Waals surface area (Å²) in [6.45, 7) is 4.18. The SMILES string of the molecule is CCc1c(C(C)n2ncc(Br)c2N)oc2ccccc12. The summed E-state index contributed by atoms with van der Waals surface area (Å²) in [5, 5.41) is 5.49. The van der Waals surface area contributed by atoms with Gasteiger partial charge in [-0.05, 0) is 35.3 Å². The van der Waals surface area contributed by atoms with Crippen molar-refractivity contribution < 1.29 is 4.42 Å². The molecule has 104 valence electrons. The Hall–Kier alpha value is -1.75. The largest absolute Gasteiger partial charge is 0.458 e.